The average molecular weight is 498 g/mol. The number of aliphatic imine (C=N–C) groups is 1. The van der Waals surface area contributed by atoms with Gasteiger partial charge in [0.25, 0.3) is 0 Å². The summed E-state index contributed by atoms with van der Waals surface area (Å²) in [5.41, 5.74) is 1.26. The third kappa shape index (κ3) is 6.26. The molecule has 1 saturated heterocycles. The molecule has 0 amide bonds. The molecule has 7 heteroatoms. The Bertz CT molecular complexity index is 517. The first-order valence-electron chi connectivity index (χ1n) is 7.98. The van der Waals surface area contributed by atoms with Gasteiger partial charge in [-0.2, -0.15) is 0 Å². The largest absolute Gasteiger partial charge is 0.357 e. The normalized spacial score (nSPS) is 18.8. The van der Waals surface area contributed by atoms with Crippen LogP contribution in [0.3, 0.4) is 0 Å². The summed E-state index contributed by atoms with van der Waals surface area (Å²) in [5.74, 6) is 1.69. The van der Waals surface area contributed by atoms with Crippen LogP contribution < -0.4 is 5.32 Å². The molecule has 0 bridgehead atoms. The van der Waals surface area contributed by atoms with E-state index >= 15 is 0 Å². The van der Waals surface area contributed by atoms with Crippen molar-refractivity contribution in [2.75, 3.05) is 40.3 Å². The number of aryl methyl sites for hydroxylation is 1. The first kappa shape index (κ1) is 20.8. The lowest BCUT2D eigenvalue weighted by atomic mass is 10.1. The van der Waals surface area contributed by atoms with E-state index in [1.807, 2.05) is 0 Å². The van der Waals surface area contributed by atoms with E-state index in [9.17, 15) is 0 Å². The van der Waals surface area contributed by atoms with Crippen LogP contribution in [0.5, 0.6) is 0 Å². The van der Waals surface area contributed by atoms with Crippen LogP contribution in [0.15, 0.2) is 21.7 Å². The molecule has 2 heterocycles. The van der Waals surface area contributed by atoms with Gasteiger partial charge < -0.3 is 19.7 Å². The van der Waals surface area contributed by atoms with E-state index in [-0.39, 0.29) is 24.0 Å². The lowest BCUT2D eigenvalue weighted by Crippen LogP contribution is -2.39. The molecule has 1 aliphatic rings. The number of nitrogens with one attached hydrogen (secondary N) is 1. The molecule has 0 aliphatic carbocycles. The van der Waals surface area contributed by atoms with Gasteiger partial charge in [0.2, 0.25) is 0 Å². The molecule has 132 valence electrons. The summed E-state index contributed by atoms with van der Waals surface area (Å²) in [7, 11) is 6.36. The minimum atomic E-state index is 0. The summed E-state index contributed by atoms with van der Waals surface area (Å²) in [6, 6.07) is 2.16. The number of hydrogen-bond acceptors (Lipinski definition) is 2. The summed E-state index contributed by atoms with van der Waals surface area (Å²) in [6.07, 6.45) is 3.34. The van der Waals surface area contributed by atoms with Gasteiger partial charge in [0.05, 0.1) is 6.54 Å². The van der Waals surface area contributed by atoms with Gasteiger partial charge in [-0.05, 0) is 54.9 Å². The maximum atomic E-state index is 4.85. The van der Waals surface area contributed by atoms with Gasteiger partial charge in [-0.25, -0.2) is 0 Å². The van der Waals surface area contributed by atoms with Crippen molar-refractivity contribution >= 4 is 45.9 Å². The van der Waals surface area contributed by atoms with Gasteiger partial charge in [-0.3, -0.25) is 4.99 Å². The summed E-state index contributed by atoms with van der Waals surface area (Å²) in [6.45, 7) is 7.13. The van der Waals surface area contributed by atoms with Gasteiger partial charge >= 0.3 is 0 Å². The smallest absolute Gasteiger partial charge is 0.194 e. The number of rotatable bonds is 5. The molecular weight excluding hydrogens is 469 g/mol. The van der Waals surface area contributed by atoms with Gasteiger partial charge in [0.15, 0.2) is 5.96 Å². The third-order valence-electron chi connectivity index (χ3n) is 4.16. The first-order chi connectivity index (χ1) is 10.5. The fourth-order valence-electron chi connectivity index (χ4n) is 2.90. The van der Waals surface area contributed by atoms with Crippen LogP contribution in [0.1, 0.15) is 19.0 Å². The Morgan fingerprint density at radius 1 is 1.48 bits per heavy atom. The molecular formula is C16H29BrIN5. The van der Waals surface area contributed by atoms with Gasteiger partial charge in [-0.15, -0.1) is 24.0 Å². The molecule has 23 heavy (non-hydrogen) atoms. The van der Waals surface area contributed by atoms with E-state index < -0.39 is 0 Å². The number of halogens is 2. The zero-order valence-corrected chi connectivity index (χ0v) is 18.5. The number of hydrogen-bond donors (Lipinski definition) is 1. The van der Waals surface area contributed by atoms with Crippen LogP contribution in [-0.4, -0.2) is 60.6 Å². The Hall–Kier alpha value is -0.280. The first-order valence-corrected chi connectivity index (χ1v) is 8.77. The standard InChI is InChI=1S/C16H28BrN5.HI/c1-5-18-16(19-9-13-6-7-20(2)10-13)22(4)12-15-8-14(17)11-21(15)3;/h8,11,13H,5-7,9-10,12H2,1-4H3,(H,18,19);1H. The van der Waals surface area contributed by atoms with Crippen molar-refractivity contribution in [3.05, 3.63) is 22.4 Å². The van der Waals surface area contributed by atoms with Crippen molar-refractivity contribution in [1.82, 2.24) is 19.7 Å². The van der Waals surface area contributed by atoms with E-state index in [1.165, 1.54) is 18.7 Å². The molecule has 1 N–H and O–H groups in total. The molecule has 1 aromatic rings. The molecule has 5 nitrogen and oxygen atoms in total. The molecule has 0 radical (unpaired) electrons. The van der Waals surface area contributed by atoms with E-state index in [0.717, 1.165) is 36.6 Å². The minimum Gasteiger partial charge on any atom is -0.357 e. The van der Waals surface area contributed by atoms with E-state index in [0.29, 0.717) is 5.92 Å². The molecule has 1 fully saturated rings. The lowest BCUT2D eigenvalue weighted by molar-refractivity contribution is 0.396. The van der Waals surface area contributed by atoms with Crippen molar-refractivity contribution in [3.63, 3.8) is 0 Å². The monoisotopic (exact) mass is 497 g/mol. The van der Waals surface area contributed by atoms with Crippen LogP contribution in [0, 0.1) is 5.92 Å². The molecule has 2 rings (SSSR count). The Balaban J connectivity index is 0.00000264. The molecule has 0 saturated carbocycles. The highest BCUT2D eigenvalue weighted by atomic mass is 127. The second kappa shape index (κ2) is 9.88. The van der Waals surface area contributed by atoms with Crippen molar-refractivity contribution in [3.8, 4) is 0 Å². The predicted molar refractivity (Wildman–Crippen MR) is 112 cm³/mol. The van der Waals surface area contributed by atoms with Crippen molar-refractivity contribution < 1.29 is 0 Å². The van der Waals surface area contributed by atoms with Crippen molar-refractivity contribution in [2.24, 2.45) is 18.0 Å². The van der Waals surface area contributed by atoms with Gasteiger partial charge in [-0.1, -0.05) is 0 Å². The van der Waals surface area contributed by atoms with Gasteiger partial charge in [0, 0.05) is 50.1 Å². The van der Waals surface area contributed by atoms with Crippen LogP contribution in [0.25, 0.3) is 0 Å². The van der Waals surface area contributed by atoms with E-state index in [2.05, 4.69) is 75.9 Å². The maximum absolute atomic E-state index is 4.85. The fourth-order valence-corrected chi connectivity index (χ4v) is 3.47. The van der Waals surface area contributed by atoms with E-state index in [1.54, 1.807) is 0 Å². The zero-order valence-electron chi connectivity index (χ0n) is 14.5. The van der Waals surface area contributed by atoms with Crippen molar-refractivity contribution in [2.45, 2.75) is 19.9 Å². The number of likely N-dealkylation sites (tertiary alicyclic amines) is 1. The fraction of sp³-hybridized carbons (Fsp3) is 0.688. The van der Waals surface area contributed by atoms with Crippen LogP contribution >= 0.6 is 39.9 Å². The number of aromatic nitrogens is 1. The molecule has 0 spiro atoms. The zero-order chi connectivity index (χ0) is 16.1. The van der Waals surface area contributed by atoms with Crippen LogP contribution in [-0.2, 0) is 13.6 Å². The van der Waals surface area contributed by atoms with Crippen LogP contribution in [0.2, 0.25) is 0 Å². The molecule has 1 atom stereocenters. The Morgan fingerprint density at radius 2 is 2.22 bits per heavy atom. The SMILES string of the molecule is CCNC(=NCC1CCN(C)C1)N(C)Cc1cc(Br)cn1C.I. The predicted octanol–water partition coefficient (Wildman–Crippen LogP) is 2.75. The average Bonchev–Trinajstić information content (AvgIpc) is 3.00. The number of nitrogens with zero attached hydrogens (tertiary/aromatic N) is 4. The van der Waals surface area contributed by atoms with E-state index in [4.69, 9.17) is 4.99 Å². The second-order valence-corrected chi connectivity index (χ2v) is 7.14. The highest BCUT2D eigenvalue weighted by molar-refractivity contribution is 14.0. The van der Waals surface area contributed by atoms with Gasteiger partial charge in [0.1, 0.15) is 0 Å². The maximum Gasteiger partial charge on any atom is 0.194 e. The molecule has 1 aliphatic heterocycles. The molecule has 1 unspecified atom stereocenters. The minimum absolute atomic E-state index is 0. The summed E-state index contributed by atoms with van der Waals surface area (Å²) < 4.78 is 3.27. The van der Waals surface area contributed by atoms with Crippen molar-refractivity contribution in [1.29, 1.82) is 0 Å². The van der Waals surface area contributed by atoms with Crippen LogP contribution in [0.4, 0.5) is 0 Å². The third-order valence-corrected chi connectivity index (χ3v) is 4.59. The number of guanidine groups is 1. The summed E-state index contributed by atoms with van der Waals surface area (Å²) in [4.78, 5) is 9.43. The Kier molecular flexibility index (Phi) is 8.92. The summed E-state index contributed by atoms with van der Waals surface area (Å²) in [5, 5.41) is 3.41. The summed E-state index contributed by atoms with van der Waals surface area (Å²) >= 11 is 3.53. The Morgan fingerprint density at radius 3 is 2.74 bits per heavy atom. The topological polar surface area (TPSA) is 35.8 Å². The molecule has 0 aromatic carbocycles. The Labute approximate surface area is 165 Å². The molecule has 1 aromatic heterocycles. The quantitative estimate of drug-likeness (QED) is 0.386. The highest BCUT2D eigenvalue weighted by Crippen LogP contribution is 2.16. The second-order valence-electron chi connectivity index (χ2n) is 6.23. The lowest BCUT2D eigenvalue weighted by Gasteiger charge is -2.23. The highest BCUT2D eigenvalue weighted by Gasteiger charge is 2.19.